The quantitative estimate of drug-likeness (QED) is 0.678. The summed E-state index contributed by atoms with van der Waals surface area (Å²) < 4.78 is 5.39. The first-order valence-electron chi connectivity index (χ1n) is 8.30. The average molecular weight is 317 g/mol. The van der Waals surface area contributed by atoms with E-state index in [9.17, 15) is 0 Å². The Labute approximate surface area is 144 Å². The highest BCUT2D eigenvalue weighted by Crippen LogP contribution is 2.23. The molecule has 2 nitrogen and oxygen atoms in total. The zero-order valence-corrected chi connectivity index (χ0v) is 14.0. The van der Waals surface area contributed by atoms with Crippen molar-refractivity contribution in [3.8, 4) is 5.75 Å². The van der Waals surface area contributed by atoms with Crippen LogP contribution in [0.3, 0.4) is 0 Å². The number of methoxy groups -OCH3 is 1. The van der Waals surface area contributed by atoms with Crippen molar-refractivity contribution in [3.63, 3.8) is 0 Å². The first-order chi connectivity index (χ1) is 11.8. The Morgan fingerprint density at radius 2 is 1.46 bits per heavy atom. The van der Waals surface area contributed by atoms with E-state index in [-0.39, 0.29) is 6.04 Å². The van der Waals surface area contributed by atoms with Crippen LogP contribution in [0.15, 0.2) is 84.9 Å². The maximum absolute atomic E-state index is 5.39. The van der Waals surface area contributed by atoms with Crippen LogP contribution in [0, 0.1) is 0 Å². The molecule has 0 bridgehead atoms. The van der Waals surface area contributed by atoms with Gasteiger partial charge >= 0.3 is 0 Å². The summed E-state index contributed by atoms with van der Waals surface area (Å²) in [6, 6.07) is 29.7. The average Bonchev–Trinajstić information content (AvgIpc) is 2.67. The molecule has 0 aliphatic rings. The zero-order valence-electron chi connectivity index (χ0n) is 14.0. The molecule has 0 amide bonds. The van der Waals surface area contributed by atoms with Crippen LogP contribution in [0.2, 0.25) is 0 Å². The topological polar surface area (TPSA) is 21.3 Å². The Bertz CT molecular complexity index is 740. The fourth-order valence-electron chi connectivity index (χ4n) is 2.85. The SMILES string of the molecule is COc1cccc(C(Cc2ccccc2)NCc2ccccc2)c1. The van der Waals surface area contributed by atoms with Crippen LogP contribution >= 0.6 is 0 Å². The number of ether oxygens (including phenoxy) is 1. The standard InChI is InChI=1S/C22H23NO/c1-24-21-14-8-13-20(16-21)22(15-18-9-4-2-5-10-18)23-17-19-11-6-3-7-12-19/h2-14,16,22-23H,15,17H2,1H3. The normalized spacial score (nSPS) is 11.9. The van der Waals surface area contributed by atoms with Gasteiger partial charge in [-0.25, -0.2) is 0 Å². The first kappa shape index (κ1) is 16.3. The maximum atomic E-state index is 5.39. The number of hydrogen-bond acceptors (Lipinski definition) is 2. The molecule has 0 radical (unpaired) electrons. The van der Waals surface area contributed by atoms with E-state index in [1.54, 1.807) is 7.11 Å². The molecule has 3 aromatic rings. The molecule has 0 aliphatic carbocycles. The van der Waals surface area contributed by atoms with Crippen LogP contribution in [-0.4, -0.2) is 7.11 Å². The third-order valence-corrected chi connectivity index (χ3v) is 4.17. The number of benzene rings is 3. The van der Waals surface area contributed by atoms with Gasteiger partial charge in [0, 0.05) is 12.6 Å². The van der Waals surface area contributed by atoms with Gasteiger partial charge in [0.1, 0.15) is 5.75 Å². The lowest BCUT2D eigenvalue weighted by molar-refractivity contribution is 0.412. The van der Waals surface area contributed by atoms with Crippen LogP contribution < -0.4 is 10.1 Å². The molecule has 0 heterocycles. The van der Waals surface area contributed by atoms with E-state index in [2.05, 4.69) is 78.1 Å². The molecule has 3 aromatic carbocycles. The van der Waals surface area contributed by atoms with Crippen molar-refractivity contribution in [3.05, 3.63) is 102 Å². The largest absolute Gasteiger partial charge is 0.497 e. The van der Waals surface area contributed by atoms with E-state index in [0.717, 1.165) is 18.7 Å². The molecular weight excluding hydrogens is 294 g/mol. The minimum Gasteiger partial charge on any atom is -0.497 e. The van der Waals surface area contributed by atoms with Crippen molar-refractivity contribution in [1.82, 2.24) is 5.32 Å². The third-order valence-electron chi connectivity index (χ3n) is 4.17. The number of rotatable bonds is 7. The van der Waals surface area contributed by atoms with Crippen LogP contribution in [0.5, 0.6) is 5.75 Å². The molecule has 3 rings (SSSR count). The van der Waals surface area contributed by atoms with E-state index >= 15 is 0 Å². The van der Waals surface area contributed by atoms with Gasteiger partial charge in [0.05, 0.1) is 7.11 Å². The van der Waals surface area contributed by atoms with E-state index < -0.39 is 0 Å². The van der Waals surface area contributed by atoms with Crippen LogP contribution in [-0.2, 0) is 13.0 Å². The molecular formula is C22H23NO. The Morgan fingerprint density at radius 3 is 2.12 bits per heavy atom. The van der Waals surface area contributed by atoms with Gasteiger partial charge in [-0.3, -0.25) is 0 Å². The lowest BCUT2D eigenvalue weighted by atomic mass is 9.98. The lowest BCUT2D eigenvalue weighted by Crippen LogP contribution is -2.23. The summed E-state index contributed by atoms with van der Waals surface area (Å²) in [5, 5.41) is 3.70. The van der Waals surface area contributed by atoms with Crippen molar-refractivity contribution >= 4 is 0 Å². The molecule has 122 valence electrons. The highest BCUT2D eigenvalue weighted by Gasteiger charge is 2.13. The summed E-state index contributed by atoms with van der Waals surface area (Å²) in [5.41, 5.74) is 3.86. The number of hydrogen-bond donors (Lipinski definition) is 1. The molecule has 0 spiro atoms. The van der Waals surface area contributed by atoms with Crippen molar-refractivity contribution in [2.75, 3.05) is 7.11 Å². The van der Waals surface area contributed by atoms with Gasteiger partial charge in [0.15, 0.2) is 0 Å². The molecule has 0 saturated heterocycles. The van der Waals surface area contributed by atoms with Crippen molar-refractivity contribution in [2.24, 2.45) is 0 Å². The fraction of sp³-hybridized carbons (Fsp3) is 0.182. The third kappa shape index (κ3) is 4.46. The van der Waals surface area contributed by atoms with Gasteiger partial charge in [-0.05, 0) is 35.2 Å². The molecule has 0 fully saturated rings. The van der Waals surface area contributed by atoms with E-state index in [1.807, 2.05) is 12.1 Å². The van der Waals surface area contributed by atoms with Crippen molar-refractivity contribution in [2.45, 2.75) is 19.0 Å². The molecule has 0 aromatic heterocycles. The maximum Gasteiger partial charge on any atom is 0.119 e. The molecule has 2 heteroatoms. The summed E-state index contributed by atoms with van der Waals surface area (Å²) >= 11 is 0. The molecule has 1 unspecified atom stereocenters. The Balaban J connectivity index is 1.79. The Kier molecular flexibility index (Phi) is 5.65. The smallest absolute Gasteiger partial charge is 0.119 e. The van der Waals surface area contributed by atoms with Gasteiger partial charge in [-0.15, -0.1) is 0 Å². The molecule has 1 N–H and O–H groups in total. The van der Waals surface area contributed by atoms with Gasteiger partial charge in [0.25, 0.3) is 0 Å². The van der Waals surface area contributed by atoms with Gasteiger partial charge < -0.3 is 10.1 Å². The van der Waals surface area contributed by atoms with Crippen molar-refractivity contribution < 1.29 is 4.74 Å². The summed E-state index contributed by atoms with van der Waals surface area (Å²) in [6.45, 7) is 0.843. The molecule has 0 saturated carbocycles. The first-order valence-corrected chi connectivity index (χ1v) is 8.30. The second-order valence-electron chi connectivity index (χ2n) is 5.89. The van der Waals surface area contributed by atoms with Gasteiger partial charge in [0.2, 0.25) is 0 Å². The highest BCUT2D eigenvalue weighted by atomic mass is 16.5. The highest BCUT2D eigenvalue weighted by molar-refractivity contribution is 5.32. The Morgan fingerprint density at radius 1 is 0.792 bits per heavy atom. The van der Waals surface area contributed by atoms with Crippen LogP contribution in [0.4, 0.5) is 0 Å². The second-order valence-corrected chi connectivity index (χ2v) is 5.89. The van der Waals surface area contributed by atoms with Gasteiger partial charge in [-0.2, -0.15) is 0 Å². The van der Waals surface area contributed by atoms with E-state index in [0.29, 0.717) is 0 Å². The van der Waals surface area contributed by atoms with E-state index in [4.69, 9.17) is 4.74 Å². The Hall–Kier alpha value is -2.58. The van der Waals surface area contributed by atoms with Crippen LogP contribution in [0.25, 0.3) is 0 Å². The minimum atomic E-state index is 0.239. The molecule has 1 atom stereocenters. The predicted octanol–water partition coefficient (Wildman–Crippen LogP) is 4.77. The fourth-order valence-corrected chi connectivity index (χ4v) is 2.85. The predicted molar refractivity (Wildman–Crippen MR) is 99.2 cm³/mol. The summed E-state index contributed by atoms with van der Waals surface area (Å²) in [6.07, 6.45) is 0.945. The number of nitrogens with one attached hydrogen (secondary N) is 1. The van der Waals surface area contributed by atoms with E-state index in [1.165, 1.54) is 16.7 Å². The second kappa shape index (κ2) is 8.32. The summed E-state index contributed by atoms with van der Waals surface area (Å²) in [5.74, 6) is 0.895. The van der Waals surface area contributed by atoms with Crippen molar-refractivity contribution in [1.29, 1.82) is 0 Å². The monoisotopic (exact) mass is 317 g/mol. The molecule has 0 aliphatic heterocycles. The summed E-state index contributed by atoms with van der Waals surface area (Å²) in [4.78, 5) is 0. The van der Waals surface area contributed by atoms with Crippen LogP contribution in [0.1, 0.15) is 22.7 Å². The lowest BCUT2D eigenvalue weighted by Gasteiger charge is -2.20. The minimum absolute atomic E-state index is 0.239. The molecule has 24 heavy (non-hydrogen) atoms. The van der Waals surface area contributed by atoms with Gasteiger partial charge in [-0.1, -0.05) is 72.8 Å². The summed E-state index contributed by atoms with van der Waals surface area (Å²) in [7, 11) is 1.71. The zero-order chi connectivity index (χ0) is 16.6.